The van der Waals surface area contributed by atoms with E-state index in [4.69, 9.17) is 9.62 Å². The number of hydrogen-bond acceptors (Lipinski definition) is 4. The summed E-state index contributed by atoms with van der Waals surface area (Å²) in [4.78, 5) is 11.7. The molecule has 1 aromatic carbocycles. The van der Waals surface area contributed by atoms with Crippen LogP contribution in [-0.2, 0) is 0 Å². The van der Waals surface area contributed by atoms with Crippen molar-refractivity contribution in [3.63, 3.8) is 0 Å². The van der Waals surface area contributed by atoms with Gasteiger partial charge in [0.05, 0.1) is 17.2 Å². The van der Waals surface area contributed by atoms with Crippen LogP contribution in [-0.4, -0.2) is 11.4 Å². The van der Waals surface area contributed by atoms with Gasteiger partial charge < -0.3 is 9.62 Å². The molecule has 0 spiro atoms. The van der Waals surface area contributed by atoms with Gasteiger partial charge in [-0.3, -0.25) is 4.79 Å². The summed E-state index contributed by atoms with van der Waals surface area (Å²) in [5.74, 6) is 0. The third-order valence-corrected chi connectivity index (χ3v) is 1.90. The lowest BCUT2D eigenvalue weighted by Gasteiger charge is -1.95. The predicted octanol–water partition coefficient (Wildman–Crippen LogP) is 1.60. The third-order valence-electron chi connectivity index (χ3n) is 1.90. The first kappa shape index (κ1) is 8.50. The van der Waals surface area contributed by atoms with Crippen molar-refractivity contribution < 1.29 is 9.62 Å². The zero-order valence-electron chi connectivity index (χ0n) is 7.18. The Balaban J connectivity index is 2.82. The average molecular weight is 189 g/mol. The first-order chi connectivity index (χ1) is 6.83. The lowest BCUT2D eigenvalue weighted by Crippen LogP contribution is -2.07. The molecule has 4 heteroatoms. The smallest absolute Gasteiger partial charge is 0.201 e. The first-order valence-electron chi connectivity index (χ1n) is 4.01. The SMILES string of the molecule is O=c1c(/C=N/O)coc2ccccc12. The molecule has 1 heterocycles. The van der Waals surface area contributed by atoms with Crippen LogP contribution in [0.1, 0.15) is 5.56 Å². The second kappa shape index (κ2) is 3.33. The summed E-state index contributed by atoms with van der Waals surface area (Å²) < 4.78 is 5.17. The maximum absolute atomic E-state index is 11.7. The van der Waals surface area contributed by atoms with Crippen LogP contribution in [0, 0.1) is 0 Å². The fourth-order valence-corrected chi connectivity index (χ4v) is 1.24. The fourth-order valence-electron chi connectivity index (χ4n) is 1.24. The second-order valence-electron chi connectivity index (χ2n) is 2.76. The Morgan fingerprint density at radius 2 is 2.14 bits per heavy atom. The van der Waals surface area contributed by atoms with E-state index in [9.17, 15) is 4.79 Å². The Morgan fingerprint density at radius 3 is 2.93 bits per heavy atom. The van der Waals surface area contributed by atoms with Crippen molar-refractivity contribution in [1.29, 1.82) is 0 Å². The maximum Gasteiger partial charge on any atom is 0.201 e. The normalized spacial score (nSPS) is 11.1. The van der Waals surface area contributed by atoms with Gasteiger partial charge in [-0.2, -0.15) is 0 Å². The van der Waals surface area contributed by atoms with E-state index < -0.39 is 0 Å². The number of para-hydroxylation sites is 1. The van der Waals surface area contributed by atoms with Gasteiger partial charge in [0.25, 0.3) is 0 Å². The van der Waals surface area contributed by atoms with Crippen LogP contribution in [0.15, 0.2) is 44.9 Å². The van der Waals surface area contributed by atoms with E-state index in [0.717, 1.165) is 6.21 Å². The van der Waals surface area contributed by atoms with Gasteiger partial charge in [0.15, 0.2) is 0 Å². The molecule has 0 saturated carbocycles. The van der Waals surface area contributed by atoms with Crippen LogP contribution < -0.4 is 5.43 Å². The molecule has 4 nitrogen and oxygen atoms in total. The molecule has 0 aliphatic rings. The summed E-state index contributed by atoms with van der Waals surface area (Å²) in [5, 5.41) is 11.6. The molecule has 1 aromatic heterocycles. The summed E-state index contributed by atoms with van der Waals surface area (Å²) in [6, 6.07) is 6.90. The monoisotopic (exact) mass is 189 g/mol. The molecular formula is C10H7NO3. The first-order valence-corrected chi connectivity index (χ1v) is 4.01. The van der Waals surface area contributed by atoms with Crippen LogP contribution in [0.5, 0.6) is 0 Å². The third kappa shape index (κ3) is 1.26. The summed E-state index contributed by atoms with van der Waals surface area (Å²) >= 11 is 0. The number of fused-ring (bicyclic) bond motifs is 1. The van der Waals surface area contributed by atoms with Crippen molar-refractivity contribution in [2.45, 2.75) is 0 Å². The Labute approximate surface area is 79.1 Å². The van der Waals surface area contributed by atoms with Crippen LogP contribution in [0.4, 0.5) is 0 Å². The molecule has 0 unspecified atom stereocenters. The maximum atomic E-state index is 11.7. The van der Waals surface area contributed by atoms with E-state index in [1.165, 1.54) is 6.26 Å². The van der Waals surface area contributed by atoms with Crippen molar-refractivity contribution in [3.05, 3.63) is 46.3 Å². The molecule has 1 N–H and O–H groups in total. The minimum absolute atomic E-state index is 0.204. The quantitative estimate of drug-likeness (QED) is 0.421. The molecule has 14 heavy (non-hydrogen) atoms. The highest BCUT2D eigenvalue weighted by Gasteiger charge is 2.03. The Kier molecular flexibility index (Phi) is 2.02. The van der Waals surface area contributed by atoms with Gasteiger partial charge >= 0.3 is 0 Å². The van der Waals surface area contributed by atoms with Crippen molar-refractivity contribution in [3.8, 4) is 0 Å². The molecule has 0 aliphatic heterocycles. The summed E-state index contributed by atoms with van der Waals surface area (Å²) in [6.07, 6.45) is 2.32. The van der Waals surface area contributed by atoms with Crippen molar-refractivity contribution >= 4 is 17.2 Å². The van der Waals surface area contributed by atoms with Gasteiger partial charge in [0, 0.05) is 0 Å². The summed E-state index contributed by atoms with van der Waals surface area (Å²) in [5.41, 5.74) is 0.545. The molecule has 0 radical (unpaired) electrons. The molecule has 0 amide bonds. The molecule has 0 saturated heterocycles. The van der Waals surface area contributed by atoms with E-state index in [-0.39, 0.29) is 11.0 Å². The molecular weight excluding hydrogens is 182 g/mol. The number of rotatable bonds is 1. The van der Waals surface area contributed by atoms with Gasteiger partial charge in [0.2, 0.25) is 5.43 Å². The molecule has 2 rings (SSSR count). The number of hydrogen-bond donors (Lipinski definition) is 1. The zero-order chi connectivity index (χ0) is 9.97. The zero-order valence-corrected chi connectivity index (χ0v) is 7.18. The van der Waals surface area contributed by atoms with E-state index in [1.54, 1.807) is 24.3 Å². The van der Waals surface area contributed by atoms with E-state index >= 15 is 0 Å². The molecule has 0 fully saturated rings. The summed E-state index contributed by atoms with van der Waals surface area (Å²) in [7, 11) is 0. The standard InChI is InChI=1S/C10H7NO3/c12-10-7(5-11-13)6-14-9-4-2-1-3-8(9)10/h1-6,13H/b11-5+. The number of nitrogens with zero attached hydrogens (tertiary/aromatic N) is 1. The summed E-state index contributed by atoms with van der Waals surface area (Å²) in [6.45, 7) is 0. The molecule has 0 aliphatic carbocycles. The fraction of sp³-hybridized carbons (Fsp3) is 0. The van der Waals surface area contributed by atoms with E-state index in [0.29, 0.717) is 11.0 Å². The van der Waals surface area contributed by atoms with Gasteiger partial charge in [-0.05, 0) is 12.1 Å². The molecule has 2 aromatic rings. The molecule has 0 bridgehead atoms. The van der Waals surface area contributed by atoms with Crippen molar-refractivity contribution in [1.82, 2.24) is 0 Å². The highest BCUT2D eigenvalue weighted by molar-refractivity contribution is 5.85. The Morgan fingerprint density at radius 1 is 1.36 bits per heavy atom. The Hall–Kier alpha value is -2.10. The number of benzene rings is 1. The van der Waals surface area contributed by atoms with E-state index in [2.05, 4.69) is 5.16 Å². The lowest BCUT2D eigenvalue weighted by molar-refractivity contribution is 0.321. The minimum Gasteiger partial charge on any atom is -0.463 e. The topological polar surface area (TPSA) is 62.8 Å². The predicted molar refractivity (Wildman–Crippen MR) is 51.9 cm³/mol. The lowest BCUT2D eigenvalue weighted by atomic mass is 10.2. The van der Waals surface area contributed by atoms with Gasteiger partial charge in [-0.15, -0.1) is 0 Å². The second-order valence-corrected chi connectivity index (χ2v) is 2.76. The highest BCUT2D eigenvalue weighted by Crippen LogP contribution is 2.09. The van der Waals surface area contributed by atoms with Gasteiger partial charge in [-0.25, -0.2) is 0 Å². The van der Waals surface area contributed by atoms with Gasteiger partial charge in [0.1, 0.15) is 11.8 Å². The van der Waals surface area contributed by atoms with Crippen LogP contribution >= 0.6 is 0 Å². The minimum atomic E-state index is -0.204. The van der Waals surface area contributed by atoms with Crippen LogP contribution in [0.25, 0.3) is 11.0 Å². The van der Waals surface area contributed by atoms with Crippen LogP contribution in [0.2, 0.25) is 0 Å². The van der Waals surface area contributed by atoms with Crippen molar-refractivity contribution in [2.24, 2.45) is 5.16 Å². The van der Waals surface area contributed by atoms with Gasteiger partial charge in [-0.1, -0.05) is 17.3 Å². The molecule has 70 valence electrons. The number of oxime groups is 1. The largest absolute Gasteiger partial charge is 0.463 e. The van der Waals surface area contributed by atoms with E-state index in [1.807, 2.05) is 0 Å². The Bertz CT molecular complexity index is 542. The average Bonchev–Trinajstić information content (AvgIpc) is 2.23. The van der Waals surface area contributed by atoms with Crippen LogP contribution in [0.3, 0.4) is 0 Å². The van der Waals surface area contributed by atoms with Crippen molar-refractivity contribution in [2.75, 3.05) is 0 Å². The molecule has 0 atom stereocenters. The highest BCUT2D eigenvalue weighted by atomic mass is 16.4.